The number of hydrogen-bond acceptors (Lipinski definition) is 2. The Bertz CT molecular complexity index is 454. The van der Waals surface area contributed by atoms with Crippen LogP contribution in [0.1, 0.15) is 52.4 Å². The van der Waals surface area contributed by atoms with E-state index in [2.05, 4.69) is 26.0 Å². The molecule has 0 amide bonds. The highest BCUT2D eigenvalue weighted by Crippen LogP contribution is 2.56. The summed E-state index contributed by atoms with van der Waals surface area (Å²) < 4.78 is 6.06. The first-order chi connectivity index (χ1) is 9.58. The molecule has 2 heteroatoms. The molecule has 3 fully saturated rings. The monoisotopic (exact) mass is 274 g/mol. The van der Waals surface area contributed by atoms with Crippen LogP contribution in [0.25, 0.3) is 0 Å². The fourth-order valence-corrected chi connectivity index (χ4v) is 5.54. The Kier molecular flexibility index (Phi) is 2.81. The second kappa shape index (κ2) is 4.35. The zero-order valence-electron chi connectivity index (χ0n) is 12.7. The molecule has 0 aromatic heterocycles. The van der Waals surface area contributed by atoms with Crippen LogP contribution in [0.15, 0.2) is 12.2 Å². The molecule has 3 saturated carbocycles. The van der Waals surface area contributed by atoms with Gasteiger partial charge in [0.1, 0.15) is 6.10 Å². The number of carbonyl (C=O) groups excluding carboxylic acids is 1. The van der Waals surface area contributed by atoms with Gasteiger partial charge in [0, 0.05) is 5.41 Å². The van der Waals surface area contributed by atoms with Crippen molar-refractivity contribution < 1.29 is 9.53 Å². The van der Waals surface area contributed by atoms with Crippen molar-refractivity contribution in [2.45, 2.75) is 58.5 Å². The zero-order chi connectivity index (χ0) is 13.9. The van der Waals surface area contributed by atoms with Crippen molar-refractivity contribution in [3.05, 3.63) is 12.2 Å². The zero-order valence-corrected chi connectivity index (χ0v) is 12.7. The van der Waals surface area contributed by atoms with Crippen LogP contribution in [0.2, 0.25) is 0 Å². The Morgan fingerprint density at radius 1 is 1.25 bits per heavy atom. The third kappa shape index (κ3) is 1.72. The van der Waals surface area contributed by atoms with Gasteiger partial charge in [0.2, 0.25) is 0 Å². The predicted octanol–water partition coefficient (Wildman–Crippen LogP) is 3.96. The third-order valence-electron chi connectivity index (χ3n) is 7.13. The molecule has 2 nitrogen and oxygen atoms in total. The van der Waals surface area contributed by atoms with Crippen molar-refractivity contribution in [3.63, 3.8) is 0 Å². The molecule has 7 atom stereocenters. The lowest BCUT2D eigenvalue weighted by Crippen LogP contribution is -2.38. The quantitative estimate of drug-likeness (QED) is 0.563. The number of ether oxygens (including phenoxy) is 1. The third-order valence-corrected chi connectivity index (χ3v) is 7.13. The molecular formula is C18H26O2. The lowest BCUT2D eigenvalue weighted by molar-refractivity contribution is -0.161. The maximum Gasteiger partial charge on any atom is 0.309 e. The van der Waals surface area contributed by atoms with Gasteiger partial charge in [-0.2, -0.15) is 0 Å². The van der Waals surface area contributed by atoms with E-state index in [1.165, 1.54) is 25.7 Å². The van der Waals surface area contributed by atoms with Crippen molar-refractivity contribution in [2.75, 3.05) is 0 Å². The van der Waals surface area contributed by atoms with Gasteiger partial charge in [0.15, 0.2) is 0 Å². The number of esters is 1. The Hall–Kier alpha value is -0.790. The smallest absolute Gasteiger partial charge is 0.309 e. The molecule has 0 aromatic carbocycles. The summed E-state index contributed by atoms with van der Waals surface area (Å²) in [4.78, 5) is 12.6. The summed E-state index contributed by atoms with van der Waals surface area (Å²) in [5.41, 5.74) is 0.242. The normalized spacial score (nSPS) is 52.5. The Balaban J connectivity index is 1.47. The van der Waals surface area contributed by atoms with E-state index < -0.39 is 0 Å². The van der Waals surface area contributed by atoms with Gasteiger partial charge in [0.05, 0.1) is 5.92 Å². The van der Waals surface area contributed by atoms with Crippen LogP contribution in [0.4, 0.5) is 0 Å². The average Bonchev–Trinajstić information content (AvgIpc) is 3.07. The van der Waals surface area contributed by atoms with E-state index in [1.54, 1.807) is 0 Å². The standard InChI is InChI=1S/C18H26O2/c1-11-13-4-3-7-18(11,2)16(10-13)20-17(19)15-9-12-5-6-14(15)8-12/h5-6,11-16H,3-4,7-10H2,1-2H3. The molecule has 4 rings (SSSR count). The van der Waals surface area contributed by atoms with Gasteiger partial charge in [-0.1, -0.05) is 38.8 Å². The van der Waals surface area contributed by atoms with Gasteiger partial charge < -0.3 is 4.74 Å². The molecule has 20 heavy (non-hydrogen) atoms. The first kappa shape index (κ1) is 12.9. The maximum atomic E-state index is 12.6. The summed E-state index contributed by atoms with van der Waals surface area (Å²) in [6.45, 7) is 4.73. The van der Waals surface area contributed by atoms with Crippen LogP contribution in [-0.2, 0) is 9.53 Å². The Labute approximate surface area is 122 Å². The van der Waals surface area contributed by atoms with Gasteiger partial charge in [-0.15, -0.1) is 0 Å². The molecular weight excluding hydrogens is 248 g/mol. The Morgan fingerprint density at radius 2 is 2.10 bits per heavy atom. The SMILES string of the molecule is CC1C2CCCC1(C)C(OC(=O)C1CC3C=CC1C3)C2. The number of allylic oxidation sites excluding steroid dienone is 2. The molecule has 0 aromatic rings. The van der Waals surface area contributed by atoms with Gasteiger partial charge in [-0.25, -0.2) is 0 Å². The summed E-state index contributed by atoms with van der Waals surface area (Å²) in [6.07, 6.45) is 11.9. The van der Waals surface area contributed by atoms with E-state index in [1.807, 2.05) is 0 Å². The minimum Gasteiger partial charge on any atom is -0.462 e. The summed E-state index contributed by atoms with van der Waals surface area (Å²) in [7, 11) is 0. The van der Waals surface area contributed by atoms with Crippen LogP contribution >= 0.6 is 0 Å². The van der Waals surface area contributed by atoms with E-state index in [0.717, 1.165) is 18.8 Å². The summed E-state index contributed by atoms with van der Waals surface area (Å²) in [5.74, 6) is 2.88. The molecule has 4 aliphatic carbocycles. The molecule has 0 N–H and O–H groups in total. The van der Waals surface area contributed by atoms with Gasteiger partial charge in [-0.3, -0.25) is 4.79 Å². The van der Waals surface area contributed by atoms with Crippen molar-refractivity contribution in [1.29, 1.82) is 0 Å². The van der Waals surface area contributed by atoms with Crippen LogP contribution in [0.5, 0.6) is 0 Å². The molecule has 0 saturated heterocycles. The average molecular weight is 274 g/mol. The summed E-state index contributed by atoms with van der Waals surface area (Å²) in [5, 5.41) is 0. The fourth-order valence-electron chi connectivity index (χ4n) is 5.54. The van der Waals surface area contributed by atoms with Crippen LogP contribution < -0.4 is 0 Å². The van der Waals surface area contributed by atoms with Gasteiger partial charge >= 0.3 is 5.97 Å². The van der Waals surface area contributed by atoms with Crippen LogP contribution in [0, 0.1) is 35.0 Å². The fraction of sp³-hybridized carbons (Fsp3) is 0.833. The first-order valence-electron chi connectivity index (χ1n) is 8.47. The summed E-state index contributed by atoms with van der Waals surface area (Å²) >= 11 is 0. The Morgan fingerprint density at radius 3 is 2.75 bits per heavy atom. The van der Waals surface area contributed by atoms with Crippen LogP contribution in [0.3, 0.4) is 0 Å². The topological polar surface area (TPSA) is 26.3 Å². The van der Waals surface area contributed by atoms with Crippen molar-refractivity contribution in [3.8, 4) is 0 Å². The van der Waals surface area contributed by atoms with E-state index in [0.29, 0.717) is 17.8 Å². The molecule has 4 aliphatic rings. The van der Waals surface area contributed by atoms with E-state index >= 15 is 0 Å². The largest absolute Gasteiger partial charge is 0.462 e. The molecule has 7 unspecified atom stereocenters. The molecule has 4 bridgehead atoms. The maximum absolute atomic E-state index is 12.6. The highest BCUT2D eigenvalue weighted by Gasteiger charge is 2.54. The van der Waals surface area contributed by atoms with Crippen molar-refractivity contribution >= 4 is 5.97 Å². The number of rotatable bonds is 2. The highest BCUT2D eigenvalue weighted by molar-refractivity contribution is 5.74. The minimum atomic E-state index is 0.104. The molecule has 0 aliphatic heterocycles. The first-order valence-corrected chi connectivity index (χ1v) is 8.47. The second-order valence-electron chi connectivity index (χ2n) is 7.99. The number of fused-ring (bicyclic) bond motifs is 4. The second-order valence-corrected chi connectivity index (χ2v) is 7.99. The van der Waals surface area contributed by atoms with Crippen molar-refractivity contribution in [1.82, 2.24) is 0 Å². The van der Waals surface area contributed by atoms with E-state index in [-0.39, 0.29) is 23.4 Å². The lowest BCUT2D eigenvalue weighted by atomic mass is 9.69. The molecule has 0 heterocycles. The highest BCUT2D eigenvalue weighted by atomic mass is 16.5. The minimum absolute atomic E-state index is 0.104. The van der Waals surface area contributed by atoms with Crippen LogP contribution in [-0.4, -0.2) is 12.1 Å². The van der Waals surface area contributed by atoms with E-state index in [9.17, 15) is 4.79 Å². The number of carbonyl (C=O) groups is 1. The van der Waals surface area contributed by atoms with Crippen molar-refractivity contribution in [2.24, 2.45) is 35.0 Å². The number of hydrogen-bond donors (Lipinski definition) is 0. The van der Waals surface area contributed by atoms with Gasteiger partial charge in [0.25, 0.3) is 0 Å². The summed E-state index contributed by atoms with van der Waals surface area (Å²) in [6, 6.07) is 0. The molecule has 110 valence electrons. The molecule has 0 spiro atoms. The molecule has 0 radical (unpaired) electrons. The van der Waals surface area contributed by atoms with E-state index in [4.69, 9.17) is 4.74 Å². The lowest BCUT2D eigenvalue weighted by Gasteiger charge is -2.39. The predicted molar refractivity (Wildman–Crippen MR) is 78.0 cm³/mol. The van der Waals surface area contributed by atoms with Gasteiger partial charge in [-0.05, 0) is 49.4 Å².